The number of carboxylic acid groups (broad SMARTS) is 1. The minimum Gasteiger partial charge on any atom is -0.478 e. The van der Waals surface area contributed by atoms with Gasteiger partial charge in [-0.05, 0) is 37.6 Å². The van der Waals surface area contributed by atoms with E-state index < -0.39 is 17.8 Å². The van der Waals surface area contributed by atoms with Gasteiger partial charge in [0.15, 0.2) is 11.5 Å². The number of aromatic nitrogens is 2. The number of piperazine rings is 1. The molecule has 3 aromatic rings. The third-order valence-electron chi connectivity index (χ3n) is 7.34. The Hall–Kier alpha value is -4.33. The highest BCUT2D eigenvalue weighted by atomic mass is 19.3. The van der Waals surface area contributed by atoms with Crippen LogP contribution in [0, 0.1) is 24.2 Å². The molecule has 1 aliphatic heterocycles. The number of hydrogen-bond donors (Lipinski definition) is 2. The molecule has 0 spiro atoms. The van der Waals surface area contributed by atoms with Crippen LogP contribution in [0.5, 0.6) is 0 Å². The van der Waals surface area contributed by atoms with Crippen molar-refractivity contribution in [2.75, 3.05) is 36.4 Å². The Morgan fingerprint density at radius 3 is 2.54 bits per heavy atom. The molecule has 39 heavy (non-hydrogen) atoms. The van der Waals surface area contributed by atoms with Crippen molar-refractivity contribution < 1.29 is 23.5 Å². The third kappa shape index (κ3) is 5.32. The molecule has 1 amide bonds. The molecule has 202 valence electrons. The van der Waals surface area contributed by atoms with E-state index in [4.69, 9.17) is 4.98 Å². The quantitative estimate of drug-likeness (QED) is 0.458. The molecule has 2 aliphatic rings. The smallest absolute Gasteiger partial charge is 0.337 e. The van der Waals surface area contributed by atoms with Crippen molar-refractivity contribution >= 4 is 34.4 Å². The minimum absolute atomic E-state index is 0.148. The van der Waals surface area contributed by atoms with Gasteiger partial charge in [-0.25, -0.2) is 23.5 Å². The number of para-hydroxylation sites is 1. The average molecular weight is 535 g/mol. The normalized spacial score (nSPS) is 18.9. The highest BCUT2D eigenvalue weighted by Crippen LogP contribution is 2.50. The molecule has 1 saturated heterocycles. The number of amides is 1. The molecule has 0 bridgehead atoms. The van der Waals surface area contributed by atoms with Crippen LogP contribution in [0.1, 0.15) is 53.0 Å². The van der Waals surface area contributed by atoms with Crippen LogP contribution in [0.2, 0.25) is 0 Å². The van der Waals surface area contributed by atoms with Gasteiger partial charge in [-0.15, -0.1) is 0 Å². The summed E-state index contributed by atoms with van der Waals surface area (Å²) in [4.78, 5) is 37.1. The van der Waals surface area contributed by atoms with E-state index in [0.717, 1.165) is 11.1 Å². The van der Waals surface area contributed by atoms with E-state index in [1.54, 1.807) is 23.1 Å². The number of nitriles is 1. The number of hydrogen-bond acceptors (Lipinski definition) is 7. The number of aryl methyl sites for hydroxylation is 1. The van der Waals surface area contributed by atoms with Crippen molar-refractivity contribution in [1.29, 1.82) is 5.26 Å². The number of benzene rings is 2. The number of carbonyl (C=O) groups excluding carboxylic acids is 1. The maximum Gasteiger partial charge on any atom is 0.337 e. The predicted octanol–water partition coefficient (Wildman–Crippen LogP) is 4.38. The summed E-state index contributed by atoms with van der Waals surface area (Å²) in [5.74, 6) is -4.50. The van der Waals surface area contributed by atoms with Crippen LogP contribution >= 0.6 is 0 Å². The van der Waals surface area contributed by atoms with Gasteiger partial charge in [0.25, 0.3) is 5.92 Å². The molecule has 1 aromatic heterocycles. The van der Waals surface area contributed by atoms with E-state index in [-0.39, 0.29) is 36.0 Å². The lowest BCUT2D eigenvalue weighted by molar-refractivity contribution is -0.132. The number of carbonyl (C=O) groups is 2. The summed E-state index contributed by atoms with van der Waals surface area (Å²) in [5, 5.41) is 22.7. The second-order valence-electron chi connectivity index (χ2n) is 10.2. The molecule has 1 saturated carbocycles. The molecule has 5 rings (SSSR count). The van der Waals surface area contributed by atoms with E-state index in [1.165, 1.54) is 6.07 Å². The van der Waals surface area contributed by atoms with Gasteiger partial charge in [0, 0.05) is 56.2 Å². The largest absolute Gasteiger partial charge is 0.478 e. The summed E-state index contributed by atoms with van der Waals surface area (Å²) in [7, 11) is 0. The molecule has 2 atom stereocenters. The summed E-state index contributed by atoms with van der Waals surface area (Å²) in [6.07, 6.45) is -0.376. The maximum absolute atomic E-state index is 13.3. The molecule has 2 fully saturated rings. The van der Waals surface area contributed by atoms with Crippen molar-refractivity contribution in [2.24, 2.45) is 5.92 Å². The zero-order valence-electron chi connectivity index (χ0n) is 21.6. The molecule has 2 N–H and O–H groups in total. The molecule has 1 aliphatic carbocycles. The van der Waals surface area contributed by atoms with Crippen molar-refractivity contribution in [2.45, 2.75) is 38.7 Å². The van der Waals surface area contributed by atoms with Crippen LogP contribution in [0.4, 0.5) is 20.3 Å². The minimum atomic E-state index is -2.72. The van der Waals surface area contributed by atoms with Gasteiger partial charge < -0.3 is 20.2 Å². The fourth-order valence-corrected chi connectivity index (χ4v) is 5.05. The van der Waals surface area contributed by atoms with Gasteiger partial charge in [-0.3, -0.25) is 4.79 Å². The fourth-order valence-electron chi connectivity index (χ4n) is 5.05. The van der Waals surface area contributed by atoms with Gasteiger partial charge in [0.05, 0.1) is 22.6 Å². The Bertz CT molecular complexity index is 1500. The molecule has 2 aromatic carbocycles. The van der Waals surface area contributed by atoms with E-state index in [0.29, 0.717) is 48.7 Å². The Kier molecular flexibility index (Phi) is 6.80. The monoisotopic (exact) mass is 534 g/mol. The number of rotatable bonds is 7. The van der Waals surface area contributed by atoms with Crippen molar-refractivity contribution in [3.63, 3.8) is 0 Å². The maximum atomic E-state index is 13.3. The number of fused-ring (bicyclic) bond motifs is 1. The van der Waals surface area contributed by atoms with Crippen LogP contribution in [-0.2, 0) is 4.79 Å². The van der Waals surface area contributed by atoms with Crippen LogP contribution < -0.4 is 10.2 Å². The van der Waals surface area contributed by atoms with Crippen LogP contribution in [0.25, 0.3) is 11.0 Å². The summed E-state index contributed by atoms with van der Waals surface area (Å²) in [6, 6.07) is 12.3. The van der Waals surface area contributed by atoms with E-state index in [9.17, 15) is 28.7 Å². The second kappa shape index (κ2) is 10.1. The molecule has 9 nitrogen and oxygen atoms in total. The van der Waals surface area contributed by atoms with Gasteiger partial charge >= 0.3 is 5.97 Å². The van der Waals surface area contributed by atoms with Crippen LogP contribution in [0.3, 0.4) is 0 Å². The fraction of sp³-hybridized carbons (Fsp3) is 0.393. The van der Waals surface area contributed by atoms with E-state index >= 15 is 0 Å². The topological polar surface area (TPSA) is 122 Å². The first-order valence-corrected chi connectivity index (χ1v) is 12.8. The highest BCUT2D eigenvalue weighted by Gasteiger charge is 2.57. The van der Waals surface area contributed by atoms with Gasteiger partial charge in [0.1, 0.15) is 6.07 Å². The van der Waals surface area contributed by atoms with Gasteiger partial charge in [-0.2, -0.15) is 5.26 Å². The van der Waals surface area contributed by atoms with E-state index in [1.807, 2.05) is 30.9 Å². The Morgan fingerprint density at radius 1 is 1.21 bits per heavy atom. The molecule has 11 heteroatoms. The van der Waals surface area contributed by atoms with Crippen molar-refractivity contribution in [3.8, 4) is 6.07 Å². The Balaban J connectivity index is 1.41. The predicted molar refractivity (Wildman–Crippen MR) is 141 cm³/mol. The molecule has 1 unspecified atom stereocenters. The molecule has 0 radical (unpaired) electrons. The van der Waals surface area contributed by atoms with Crippen LogP contribution in [-0.4, -0.2) is 64.0 Å². The number of nitrogens with one attached hydrogen (secondary N) is 1. The SMILES string of the molecule is Cc1cc([C@@H](C)Nc2ccccc2C(=O)O)c2nc(N3CCN(C(=O)CC4CC4(F)F)CC3)c(C#N)nc2c1. The lowest BCUT2D eigenvalue weighted by atomic mass is 10.0. The highest BCUT2D eigenvalue weighted by molar-refractivity contribution is 5.94. The standard InChI is InChI=1S/C28H28F2N6O3/c1-16-11-20(17(2)32-21-6-4-3-5-19(21)27(38)39)25-22(12-16)33-23(15-31)26(34-25)36-9-7-35(8-10-36)24(37)13-18-14-28(18,29)30/h3-6,11-12,17-18,32H,7-10,13-14H2,1-2H3,(H,38,39)/t17-,18?/m1/s1. The summed E-state index contributed by atoms with van der Waals surface area (Å²) in [5.41, 5.74) is 3.62. The van der Waals surface area contributed by atoms with Gasteiger partial charge in [-0.1, -0.05) is 18.2 Å². The Morgan fingerprint density at radius 2 is 1.90 bits per heavy atom. The van der Waals surface area contributed by atoms with Gasteiger partial charge in [0.2, 0.25) is 5.91 Å². The lowest BCUT2D eigenvalue weighted by Crippen LogP contribution is -2.49. The summed E-state index contributed by atoms with van der Waals surface area (Å²) in [6.45, 7) is 5.28. The zero-order chi connectivity index (χ0) is 27.9. The first-order valence-electron chi connectivity index (χ1n) is 12.8. The number of halogens is 2. The first-order chi connectivity index (χ1) is 18.6. The number of anilines is 2. The summed E-state index contributed by atoms with van der Waals surface area (Å²) < 4.78 is 26.5. The molecular formula is C28H28F2N6O3. The van der Waals surface area contributed by atoms with Crippen molar-refractivity contribution in [1.82, 2.24) is 14.9 Å². The number of nitrogens with zero attached hydrogens (tertiary/aromatic N) is 5. The van der Waals surface area contributed by atoms with Crippen LogP contribution in [0.15, 0.2) is 36.4 Å². The number of aromatic carboxylic acids is 1. The first kappa shape index (κ1) is 26.3. The second-order valence-corrected chi connectivity index (χ2v) is 10.2. The average Bonchev–Trinajstić information content (AvgIpc) is 3.52. The molecule has 2 heterocycles. The lowest BCUT2D eigenvalue weighted by Gasteiger charge is -2.35. The number of carboxylic acids is 1. The van der Waals surface area contributed by atoms with Crippen molar-refractivity contribution in [3.05, 3.63) is 58.8 Å². The third-order valence-corrected chi connectivity index (χ3v) is 7.34. The number of alkyl halides is 2. The summed E-state index contributed by atoms with van der Waals surface area (Å²) >= 11 is 0. The van der Waals surface area contributed by atoms with E-state index in [2.05, 4.69) is 16.4 Å². The Labute approximate surface area is 224 Å². The molecular weight excluding hydrogens is 506 g/mol. The zero-order valence-corrected chi connectivity index (χ0v) is 21.6.